The summed E-state index contributed by atoms with van der Waals surface area (Å²) in [5, 5.41) is 3.21. The van der Waals surface area contributed by atoms with Gasteiger partial charge in [-0.15, -0.1) is 0 Å². The summed E-state index contributed by atoms with van der Waals surface area (Å²) in [6, 6.07) is 11.5. The van der Waals surface area contributed by atoms with Crippen LogP contribution < -0.4 is 14.4 Å². The van der Waals surface area contributed by atoms with Gasteiger partial charge in [-0.1, -0.05) is 39.7 Å². The highest BCUT2D eigenvalue weighted by molar-refractivity contribution is 9.10. The average molecular weight is 617 g/mol. The molecule has 8 nitrogen and oxygen atoms in total. The number of sulfonamides is 1. The van der Waals surface area contributed by atoms with Gasteiger partial charge in [0.25, 0.3) is 0 Å². The largest absolute Gasteiger partial charge is 0.495 e. The van der Waals surface area contributed by atoms with E-state index in [0.717, 1.165) is 16.3 Å². The molecule has 1 atom stereocenters. The number of amides is 2. The maximum atomic E-state index is 13.4. The molecule has 0 fully saturated rings. The molecule has 2 aromatic rings. The highest BCUT2D eigenvalue weighted by atomic mass is 79.9. The Labute approximate surface area is 233 Å². The minimum Gasteiger partial charge on any atom is -0.495 e. The molecule has 0 saturated heterocycles. The van der Waals surface area contributed by atoms with E-state index >= 15 is 0 Å². The predicted octanol–water partition coefficient (Wildman–Crippen LogP) is 4.99. The van der Waals surface area contributed by atoms with Crippen molar-refractivity contribution in [3.05, 3.63) is 57.5 Å². The second kappa shape index (κ2) is 13.0. The number of carbonyl (C=O) groups is 2. The standard InChI is InChI=1S/C26H35BrClN3O5S/c1-18(25(33)29-26(2,3)4)30(17-19-9-7-10-20(27)15-19)24(32)11-8-14-31(37(6,34)35)21-12-13-23(36-5)22(28)16-21/h7,9-10,12-13,15-16,18H,8,11,14,17H2,1-6H3,(H,29,33)/t18-/m1/s1. The van der Waals surface area contributed by atoms with Crippen LogP contribution in [0.3, 0.4) is 0 Å². The molecule has 37 heavy (non-hydrogen) atoms. The Hall–Kier alpha value is -2.30. The van der Waals surface area contributed by atoms with Crippen molar-refractivity contribution >= 4 is 55.1 Å². The number of methoxy groups -OCH3 is 1. The molecule has 0 aliphatic rings. The number of nitrogens with one attached hydrogen (secondary N) is 1. The lowest BCUT2D eigenvalue weighted by Gasteiger charge is -2.32. The fourth-order valence-electron chi connectivity index (χ4n) is 3.70. The highest BCUT2D eigenvalue weighted by Gasteiger charge is 2.28. The molecule has 2 rings (SSSR count). The summed E-state index contributed by atoms with van der Waals surface area (Å²) in [5.74, 6) is -0.0843. The first-order chi connectivity index (χ1) is 17.1. The van der Waals surface area contributed by atoms with Gasteiger partial charge < -0.3 is 15.0 Å². The number of hydrogen-bond acceptors (Lipinski definition) is 5. The van der Waals surface area contributed by atoms with Gasteiger partial charge in [0, 0.05) is 29.5 Å². The second-order valence-corrected chi connectivity index (χ2v) is 13.1. The first-order valence-corrected chi connectivity index (χ1v) is 14.8. The van der Waals surface area contributed by atoms with Crippen molar-refractivity contribution in [3.63, 3.8) is 0 Å². The summed E-state index contributed by atoms with van der Waals surface area (Å²) < 4.78 is 32.2. The van der Waals surface area contributed by atoms with E-state index in [1.807, 2.05) is 45.0 Å². The molecular weight excluding hydrogens is 582 g/mol. The van der Waals surface area contributed by atoms with Gasteiger partial charge in [0.05, 0.1) is 24.1 Å². The van der Waals surface area contributed by atoms with Crippen LogP contribution in [0.1, 0.15) is 46.1 Å². The Morgan fingerprint density at radius 1 is 1.16 bits per heavy atom. The lowest BCUT2D eigenvalue weighted by atomic mass is 10.1. The van der Waals surface area contributed by atoms with Gasteiger partial charge in [-0.3, -0.25) is 13.9 Å². The normalized spacial score (nSPS) is 12.5. The Morgan fingerprint density at radius 3 is 2.38 bits per heavy atom. The topological polar surface area (TPSA) is 96.0 Å². The zero-order valence-electron chi connectivity index (χ0n) is 22.0. The lowest BCUT2D eigenvalue weighted by Crippen LogP contribution is -2.52. The van der Waals surface area contributed by atoms with E-state index in [4.69, 9.17) is 16.3 Å². The zero-order valence-corrected chi connectivity index (χ0v) is 25.2. The molecule has 204 valence electrons. The van der Waals surface area contributed by atoms with Gasteiger partial charge >= 0.3 is 0 Å². The van der Waals surface area contributed by atoms with Gasteiger partial charge in [0.2, 0.25) is 21.8 Å². The Kier molecular flexibility index (Phi) is 10.8. The molecule has 0 aromatic heterocycles. The molecule has 0 radical (unpaired) electrons. The fourth-order valence-corrected chi connectivity index (χ4v) is 5.36. The first-order valence-electron chi connectivity index (χ1n) is 11.8. The molecule has 11 heteroatoms. The van der Waals surface area contributed by atoms with E-state index in [2.05, 4.69) is 21.2 Å². The third-order valence-electron chi connectivity index (χ3n) is 5.48. The molecule has 0 saturated carbocycles. The number of nitrogens with zero attached hydrogens (tertiary/aromatic N) is 2. The molecule has 0 unspecified atom stereocenters. The van der Waals surface area contributed by atoms with E-state index < -0.39 is 21.6 Å². The number of carbonyl (C=O) groups excluding carboxylic acids is 2. The van der Waals surface area contributed by atoms with Gasteiger partial charge in [-0.25, -0.2) is 8.42 Å². The van der Waals surface area contributed by atoms with Crippen LogP contribution in [0.2, 0.25) is 5.02 Å². The second-order valence-electron chi connectivity index (χ2n) is 9.82. The van der Waals surface area contributed by atoms with Gasteiger partial charge in [-0.05, 0) is 70.0 Å². The van der Waals surface area contributed by atoms with Crippen LogP contribution in [0, 0.1) is 0 Å². The van der Waals surface area contributed by atoms with Crippen molar-refractivity contribution in [2.24, 2.45) is 0 Å². The van der Waals surface area contributed by atoms with Crippen molar-refractivity contribution in [2.45, 2.75) is 58.7 Å². The Bertz CT molecular complexity index is 1220. The number of halogens is 2. The van der Waals surface area contributed by atoms with Crippen molar-refractivity contribution in [1.82, 2.24) is 10.2 Å². The Morgan fingerprint density at radius 2 is 1.84 bits per heavy atom. The molecule has 0 aliphatic carbocycles. The van der Waals surface area contributed by atoms with Gasteiger partial charge in [-0.2, -0.15) is 0 Å². The maximum Gasteiger partial charge on any atom is 0.242 e. The summed E-state index contributed by atoms with van der Waals surface area (Å²) in [4.78, 5) is 27.8. The number of ether oxygens (including phenoxy) is 1. The van der Waals surface area contributed by atoms with Crippen LogP contribution in [0.25, 0.3) is 0 Å². The quantitative estimate of drug-likeness (QED) is 0.384. The van der Waals surface area contributed by atoms with E-state index in [1.165, 1.54) is 22.4 Å². The van der Waals surface area contributed by atoms with Crippen LogP contribution in [0.15, 0.2) is 46.9 Å². The summed E-state index contributed by atoms with van der Waals surface area (Å²) in [7, 11) is -2.16. The molecule has 0 heterocycles. The lowest BCUT2D eigenvalue weighted by molar-refractivity contribution is -0.141. The van der Waals surface area contributed by atoms with Crippen molar-refractivity contribution in [3.8, 4) is 5.75 Å². The smallest absolute Gasteiger partial charge is 0.242 e. The van der Waals surface area contributed by atoms with Crippen LogP contribution in [0.5, 0.6) is 5.75 Å². The summed E-state index contributed by atoms with van der Waals surface area (Å²) in [6.45, 7) is 7.64. The number of rotatable bonds is 11. The number of hydrogen-bond donors (Lipinski definition) is 1. The van der Waals surface area contributed by atoms with Gasteiger partial charge in [0.1, 0.15) is 11.8 Å². The maximum absolute atomic E-state index is 13.4. The molecule has 0 spiro atoms. The summed E-state index contributed by atoms with van der Waals surface area (Å²) >= 11 is 9.64. The van der Waals surface area contributed by atoms with Crippen molar-refractivity contribution in [1.29, 1.82) is 0 Å². The molecule has 1 N–H and O–H groups in total. The third-order valence-corrected chi connectivity index (χ3v) is 7.47. The van der Waals surface area contributed by atoms with Crippen LogP contribution in [-0.4, -0.2) is 56.6 Å². The minimum absolute atomic E-state index is 0.0526. The summed E-state index contributed by atoms with van der Waals surface area (Å²) in [6.07, 6.45) is 1.40. The molecular formula is C26H35BrClN3O5S. The SMILES string of the molecule is COc1ccc(N(CCCC(=O)N(Cc2cccc(Br)c2)[C@H](C)C(=O)NC(C)(C)C)S(C)(=O)=O)cc1Cl. The Balaban J connectivity index is 2.21. The zero-order chi connectivity index (χ0) is 28.0. The average Bonchev–Trinajstić information content (AvgIpc) is 2.77. The van der Waals surface area contributed by atoms with Crippen molar-refractivity contribution in [2.75, 3.05) is 24.2 Å². The predicted molar refractivity (Wildman–Crippen MR) is 151 cm³/mol. The van der Waals surface area contributed by atoms with E-state index in [0.29, 0.717) is 11.4 Å². The fraction of sp³-hybridized carbons (Fsp3) is 0.462. The number of anilines is 1. The summed E-state index contributed by atoms with van der Waals surface area (Å²) in [5.41, 5.74) is 0.791. The van der Waals surface area contributed by atoms with Crippen LogP contribution >= 0.6 is 27.5 Å². The monoisotopic (exact) mass is 615 g/mol. The minimum atomic E-state index is -3.64. The third kappa shape index (κ3) is 9.50. The van der Waals surface area contributed by atoms with Gasteiger partial charge in [0.15, 0.2) is 0 Å². The molecule has 2 amide bonds. The number of benzene rings is 2. The van der Waals surface area contributed by atoms with Crippen LogP contribution in [0.4, 0.5) is 5.69 Å². The molecule has 0 aliphatic heterocycles. The van der Waals surface area contributed by atoms with E-state index in [-0.39, 0.29) is 42.8 Å². The van der Waals surface area contributed by atoms with Crippen LogP contribution in [-0.2, 0) is 26.2 Å². The van der Waals surface area contributed by atoms with E-state index in [9.17, 15) is 18.0 Å². The van der Waals surface area contributed by atoms with Crippen molar-refractivity contribution < 1.29 is 22.7 Å². The highest BCUT2D eigenvalue weighted by Crippen LogP contribution is 2.30. The van der Waals surface area contributed by atoms with E-state index in [1.54, 1.807) is 19.1 Å². The first kappa shape index (κ1) is 30.9. The molecule has 2 aromatic carbocycles. The molecule has 0 bridgehead atoms.